The molecule has 3 aromatic carbocycles. The molecule has 1 aliphatic heterocycles. The summed E-state index contributed by atoms with van der Waals surface area (Å²) in [4.78, 5) is 18.5. The largest absolute Gasteiger partial charge is 0.492 e. The van der Waals surface area contributed by atoms with Gasteiger partial charge in [-0.2, -0.15) is 0 Å². The Morgan fingerprint density at radius 2 is 1.77 bits per heavy atom. The number of aryl methyl sites for hydroxylation is 1. The van der Waals surface area contributed by atoms with Crippen molar-refractivity contribution in [2.45, 2.75) is 51.4 Å². The molecule has 0 spiro atoms. The molecule has 1 fully saturated rings. The fourth-order valence-corrected chi connectivity index (χ4v) is 6.60. The van der Waals surface area contributed by atoms with E-state index >= 15 is 0 Å². The van der Waals surface area contributed by atoms with Gasteiger partial charge in [-0.05, 0) is 80.0 Å². The Labute approximate surface area is 276 Å². The van der Waals surface area contributed by atoms with E-state index in [1.165, 1.54) is 12.7 Å². The number of sulfonamides is 1. The highest BCUT2D eigenvalue weighted by Gasteiger charge is 2.40. The van der Waals surface area contributed by atoms with Gasteiger partial charge in [0.1, 0.15) is 5.82 Å². The highest BCUT2D eigenvalue weighted by Crippen LogP contribution is 2.51. The average Bonchev–Trinajstić information content (AvgIpc) is 3.39. The van der Waals surface area contributed by atoms with Gasteiger partial charge in [-0.25, -0.2) is 13.4 Å². The summed E-state index contributed by atoms with van der Waals surface area (Å²) in [5, 5.41) is 4.81. The fraction of sp³-hybridized carbons (Fsp3) is 0.314. The van der Waals surface area contributed by atoms with Crippen molar-refractivity contribution in [3.8, 4) is 5.75 Å². The molecular formula is C35H41N7O4S. The monoisotopic (exact) mass is 655 g/mol. The summed E-state index contributed by atoms with van der Waals surface area (Å²) < 4.78 is 34.5. The minimum absolute atomic E-state index is 0.0822. The van der Waals surface area contributed by atoms with Gasteiger partial charge >= 0.3 is 0 Å². The molecule has 0 radical (unpaired) electrons. The minimum atomic E-state index is -3.59. The topological polar surface area (TPSA) is 130 Å². The number of nitrogens with zero attached hydrogens (tertiary/aromatic N) is 3. The van der Waals surface area contributed by atoms with Gasteiger partial charge in [-0.3, -0.25) is 20.0 Å². The fourth-order valence-electron chi connectivity index (χ4n) is 6.04. The van der Waals surface area contributed by atoms with Gasteiger partial charge in [0.15, 0.2) is 5.75 Å². The summed E-state index contributed by atoms with van der Waals surface area (Å²) in [6, 6.07) is 19.4. The first-order valence-electron chi connectivity index (χ1n) is 15.4. The standard InChI is InChI=1S/C35H41N7O4S/c1-22-13-14-23(32(43)37-26-18-25(35(4)15-16-35)19-27(31(26)46-6)39-47(7,44)45)17-29(22)42-21-28(38-40-42)30-20-36-33(41(30)5)34(2,3)24-11-9-8-10-12-24/h8-14,17-21,38-40H,15-16H2,1-7H3,(H,37,43). The second kappa shape index (κ2) is 11.8. The molecule has 1 aliphatic carbocycles. The zero-order valence-electron chi connectivity index (χ0n) is 27.7. The predicted octanol–water partition coefficient (Wildman–Crippen LogP) is 5.57. The molecular weight excluding hydrogens is 614 g/mol. The van der Waals surface area contributed by atoms with Crippen molar-refractivity contribution in [1.82, 2.24) is 20.5 Å². The van der Waals surface area contributed by atoms with Gasteiger partial charge in [0.25, 0.3) is 5.91 Å². The quantitative estimate of drug-likeness (QED) is 0.175. The molecule has 0 atom stereocenters. The van der Waals surface area contributed by atoms with Gasteiger partial charge < -0.3 is 14.6 Å². The maximum atomic E-state index is 13.7. The first kappa shape index (κ1) is 32.1. The minimum Gasteiger partial charge on any atom is -0.492 e. The van der Waals surface area contributed by atoms with Crippen molar-refractivity contribution in [3.63, 3.8) is 0 Å². The molecule has 0 saturated heterocycles. The summed E-state index contributed by atoms with van der Waals surface area (Å²) in [6.45, 7) is 8.42. The molecule has 2 aliphatic rings. The third-order valence-corrected chi connectivity index (χ3v) is 9.74. The van der Waals surface area contributed by atoms with Crippen molar-refractivity contribution in [2.75, 3.05) is 28.4 Å². The Balaban J connectivity index is 1.27. The molecule has 4 N–H and O–H groups in total. The van der Waals surface area contributed by atoms with Crippen LogP contribution in [0.15, 0.2) is 73.1 Å². The maximum Gasteiger partial charge on any atom is 0.255 e. The molecule has 4 aromatic rings. The van der Waals surface area contributed by atoms with Crippen LogP contribution in [0, 0.1) is 6.92 Å². The van der Waals surface area contributed by atoms with Crippen molar-refractivity contribution in [1.29, 1.82) is 0 Å². The zero-order chi connectivity index (χ0) is 33.7. The molecule has 1 aromatic heterocycles. The number of nitrogens with one attached hydrogen (secondary N) is 4. The van der Waals surface area contributed by atoms with Crippen LogP contribution in [0.2, 0.25) is 0 Å². The lowest BCUT2D eigenvalue weighted by atomic mass is 9.84. The molecule has 2 heterocycles. The van der Waals surface area contributed by atoms with Gasteiger partial charge in [0.05, 0.1) is 54.2 Å². The summed E-state index contributed by atoms with van der Waals surface area (Å²) in [5.41, 5.74) is 12.7. The number of benzene rings is 3. The van der Waals surface area contributed by atoms with Crippen LogP contribution in [0.4, 0.5) is 17.1 Å². The molecule has 6 rings (SSSR count). The van der Waals surface area contributed by atoms with Gasteiger partial charge in [0.2, 0.25) is 10.0 Å². The van der Waals surface area contributed by atoms with Crippen LogP contribution in [0.25, 0.3) is 5.70 Å². The van der Waals surface area contributed by atoms with E-state index in [4.69, 9.17) is 9.72 Å². The Morgan fingerprint density at radius 1 is 1.06 bits per heavy atom. The van der Waals surface area contributed by atoms with E-state index in [1.807, 2.05) is 61.7 Å². The Morgan fingerprint density at radius 3 is 2.43 bits per heavy atom. The Kier molecular flexibility index (Phi) is 8.05. The highest BCUT2D eigenvalue weighted by atomic mass is 32.2. The van der Waals surface area contributed by atoms with Crippen molar-refractivity contribution < 1.29 is 17.9 Å². The molecule has 12 heteroatoms. The van der Waals surface area contributed by atoms with E-state index in [-0.39, 0.29) is 28.2 Å². The molecule has 11 nitrogen and oxygen atoms in total. The van der Waals surface area contributed by atoms with E-state index in [2.05, 4.69) is 58.5 Å². The van der Waals surface area contributed by atoms with E-state index < -0.39 is 10.0 Å². The maximum absolute atomic E-state index is 13.7. The van der Waals surface area contributed by atoms with Crippen molar-refractivity contribution in [3.05, 3.63) is 107 Å². The van der Waals surface area contributed by atoms with Crippen LogP contribution in [-0.4, -0.2) is 37.2 Å². The zero-order valence-corrected chi connectivity index (χ0v) is 28.5. The van der Waals surface area contributed by atoms with Crippen LogP contribution < -0.4 is 30.7 Å². The molecule has 1 amide bonds. The number of hydrogen-bond donors (Lipinski definition) is 4. The number of hydrogen-bond acceptors (Lipinski definition) is 8. The lowest BCUT2D eigenvalue weighted by Gasteiger charge is -2.25. The molecule has 1 saturated carbocycles. The van der Waals surface area contributed by atoms with E-state index in [0.717, 1.165) is 53.1 Å². The summed E-state index contributed by atoms with van der Waals surface area (Å²) >= 11 is 0. The first-order valence-corrected chi connectivity index (χ1v) is 17.3. The smallest absolute Gasteiger partial charge is 0.255 e. The summed E-state index contributed by atoms with van der Waals surface area (Å²) in [7, 11) is -0.131. The van der Waals surface area contributed by atoms with E-state index in [1.54, 1.807) is 18.2 Å². The third-order valence-electron chi connectivity index (χ3n) is 9.15. The van der Waals surface area contributed by atoms with Crippen LogP contribution in [0.1, 0.15) is 72.2 Å². The van der Waals surface area contributed by atoms with Crippen LogP contribution in [0.3, 0.4) is 0 Å². The molecule has 0 bridgehead atoms. The number of anilines is 3. The molecule has 246 valence electrons. The lowest BCUT2D eigenvalue weighted by Crippen LogP contribution is -2.37. The number of methoxy groups -OCH3 is 1. The van der Waals surface area contributed by atoms with E-state index in [0.29, 0.717) is 11.3 Å². The van der Waals surface area contributed by atoms with E-state index in [9.17, 15) is 13.2 Å². The average molecular weight is 656 g/mol. The first-order chi connectivity index (χ1) is 22.2. The SMILES string of the molecule is COc1c(NC(=O)c2ccc(C)c(N3C=C(c4cnc(C(C)(C)c5ccccc5)n4C)NN3)c2)cc(C2(C)CC2)cc1NS(C)(=O)=O. The second-order valence-electron chi connectivity index (χ2n) is 13.2. The van der Waals surface area contributed by atoms with Gasteiger partial charge in [-0.1, -0.05) is 43.3 Å². The molecule has 47 heavy (non-hydrogen) atoms. The number of carbonyl (C=O) groups excluding carboxylic acids is 1. The van der Waals surface area contributed by atoms with Crippen LogP contribution in [-0.2, 0) is 27.9 Å². The van der Waals surface area contributed by atoms with Gasteiger partial charge in [0, 0.05) is 18.0 Å². The number of imidazole rings is 1. The van der Waals surface area contributed by atoms with Crippen molar-refractivity contribution in [2.24, 2.45) is 7.05 Å². The highest BCUT2D eigenvalue weighted by molar-refractivity contribution is 7.92. The number of aromatic nitrogens is 2. The Bertz CT molecular complexity index is 2000. The summed E-state index contributed by atoms with van der Waals surface area (Å²) in [5.74, 6) is 0.816. The lowest BCUT2D eigenvalue weighted by molar-refractivity contribution is 0.102. The number of ether oxygens (including phenoxy) is 1. The number of amides is 1. The number of carbonyl (C=O) groups is 1. The van der Waals surface area contributed by atoms with Crippen LogP contribution in [0.5, 0.6) is 5.75 Å². The molecule has 0 unspecified atom stereocenters. The normalized spacial score (nSPS) is 15.6. The summed E-state index contributed by atoms with van der Waals surface area (Å²) in [6.07, 6.45) is 6.83. The predicted molar refractivity (Wildman–Crippen MR) is 186 cm³/mol. The third kappa shape index (κ3) is 6.30. The Hall–Kier alpha value is -4.81. The second-order valence-corrected chi connectivity index (χ2v) is 14.9. The number of rotatable bonds is 10. The van der Waals surface area contributed by atoms with Gasteiger partial charge in [-0.15, -0.1) is 5.53 Å². The van der Waals surface area contributed by atoms with Crippen LogP contribution >= 0.6 is 0 Å². The van der Waals surface area contributed by atoms with Crippen molar-refractivity contribution >= 4 is 38.7 Å². The number of hydrazine groups is 2.